The van der Waals surface area contributed by atoms with Gasteiger partial charge in [0.2, 0.25) is 5.91 Å². The van der Waals surface area contributed by atoms with Gasteiger partial charge in [-0.05, 0) is 88.8 Å². The molecule has 8 heteroatoms. The number of carbonyl (C=O) groups excluding carboxylic acids is 1. The number of hydrogen-bond donors (Lipinski definition) is 2. The number of aryl methyl sites for hydroxylation is 1. The highest BCUT2D eigenvalue weighted by molar-refractivity contribution is 5.96. The number of anilines is 1. The van der Waals surface area contributed by atoms with E-state index in [4.69, 9.17) is 4.98 Å². The fourth-order valence-corrected chi connectivity index (χ4v) is 5.63. The molecule has 1 amide bonds. The van der Waals surface area contributed by atoms with Gasteiger partial charge in [0.05, 0.1) is 17.6 Å². The van der Waals surface area contributed by atoms with Crippen LogP contribution in [-0.2, 0) is 24.8 Å². The normalized spacial score (nSPS) is 17.8. The topological polar surface area (TPSA) is 75.1 Å². The summed E-state index contributed by atoms with van der Waals surface area (Å²) in [5.74, 6) is 0.456. The van der Waals surface area contributed by atoms with Gasteiger partial charge < -0.3 is 10.6 Å². The van der Waals surface area contributed by atoms with Gasteiger partial charge >= 0.3 is 0 Å². The number of aromatic nitrogens is 3. The number of nitrogens with zero attached hydrogens (tertiary/aromatic N) is 4. The summed E-state index contributed by atoms with van der Waals surface area (Å²) < 4.78 is 16.7. The molecule has 3 aromatic rings. The van der Waals surface area contributed by atoms with Crippen molar-refractivity contribution in [3.63, 3.8) is 0 Å². The molecule has 2 N–H and O–H groups in total. The largest absolute Gasteiger partial charge is 0.317 e. The van der Waals surface area contributed by atoms with Gasteiger partial charge in [-0.25, -0.2) is 9.37 Å². The Balaban J connectivity index is 1.49. The van der Waals surface area contributed by atoms with Gasteiger partial charge in [0, 0.05) is 36.9 Å². The first-order valence-corrected chi connectivity index (χ1v) is 13.6. The lowest BCUT2D eigenvalue weighted by atomic mass is 9.96. The van der Waals surface area contributed by atoms with Crippen molar-refractivity contribution in [3.8, 4) is 11.1 Å². The monoisotopic (exact) mass is 506 g/mol. The standard InChI is InChI=1S/C29H39FN6O/c1-29(2,30)17-25-23-8-7-21(24-18-32-35(3)26(24)19-36-13-5-4-6-14-36)15-22(23)16-27(33-25)34-28(37)20-9-11-31-12-10-20/h7-8,15-16,18,20,31H,4-6,9-14,17,19H2,1-3H3,(H,33,34,37). The van der Waals surface area contributed by atoms with Crippen molar-refractivity contribution in [3.05, 3.63) is 41.9 Å². The lowest BCUT2D eigenvalue weighted by Crippen LogP contribution is -2.34. The van der Waals surface area contributed by atoms with Gasteiger partial charge in [0.1, 0.15) is 11.5 Å². The Morgan fingerprint density at radius 1 is 1.16 bits per heavy atom. The lowest BCUT2D eigenvalue weighted by Gasteiger charge is -2.26. The SMILES string of the molecule is Cn1ncc(-c2ccc3c(CC(C)(C)F)nc(NC(=O)C4CCNCC4)cc3c2)c1CN1CCCCC1. The predicted molar refractivity (Wildman–Crippen MR) is 146 cm³/mol. The van der Waals surface area contributed by atoms with Crippen LogP contribution in [0.15, 0.2) is 30.5 Å². The second-order valence-corrected chi connectivity index (χ2v) is 11.3. The first-order chi connectivity index (χ1) is 17.8. The number of alkyl halides is 1. The zero-order chi connectivity index (χ0) is 26.0. The number of rotatable bonds is 7. The number of halogens is 1. The molecule has 5 rings (SSSR count). The summed E-state index contributed by atoms with van der Waals surface area (Å²) in [5.41, 5.74) is 2.62. The molecule has 0 radical (unpaired) electrons. The van der Waals surface area contributed by atoms with Crippen LogP contribution in [-0.4, -0.2) is 57.4 Å². The van der Waals surface area contributed by atoms with Crippen LogP contribution in [0, 0.1) is 5.92 Å². The molecule has 1 aromatic carbocycles. The lowest BCUT2D eigenvalue weighted by molar-refractivity contribution is -0.120. The minimum Gasteiger partial charge on any atom is -0.317 e. The summed E-state index contributed by atoms with van der Waals surface area (Å²) >= 11 is 0. The molecule has 198 valence electrons. The first kappa shape index (κ1) is 25.8. The Morgan fingerprint density at radius 3 is 2.65 bits per heavy atom. The van der Waals surface area contributed by atoms with E-state index < -0.39 is 5.67 Å². The zero-order valence-electron chi connectivity index (χ0n) is 22.3. The highest BCUT2D eigenvalue weighted by atomic mass is 19.1. The minimum absolute atomic E-state index is 0.00830. The van der Waals surface area contributed by atoms with E-state index in [9.17, 15) is 9.18 Å². The molecular weight excluding hydrogens is 467 g/mol. The fourth-order valence-electron chi connectivity index (χ4n) is 5.63. The molecule has 0 spiro atoms. The van der Waals surface area contributed by atoms with Gasteiger partial charge in [0.15, 0.2) is 0 Å². The van der Waals surface area contributed by atoms with E-state index >= 15 is 0 Å². The van der Waals surface area contributed by atoms with E-state index in [0.29, 0.717) is 11.5 Å². The Labute approximate surface area is 218 Å². The molecule has 37 heavy (non-hydrogen) atoms. The highest BCUT2D eigenvalue weighted by Gasteiger charge is 2.24. The average molecular weight is 507 g/mol. The number of nitrogens with one attached hydrogen (secondary N) is 2. The first-order valence-electron chi connectivity index (χ1n) is 13.6. The third-order valence-electron chi connectivity index (χ3n) is 7.65. The summed E-state index contributed by atoms with van der Waals surface area (Å²) in [4.78, 5) is 20.2. The van der Waals surface area contributed by atoms with E-state index in [-0.39, 0.29) is 18.2 Å². The van der Waals surface area contributed by atoms with Crippen LogP contribution in [0.3, 0.4) is 0 Å². The second kappa shape index (κ2) is 10.9. The van der Waals surface area contributed by atoms with Crippen molar-refractivity contribution in [1.82, 2.24) is 25.0 Å². The quantitative estimate of drug-likeness (QED) is 0.479. The summed E-state index contributed by atoms with van der Waals surface area (Å²) in [6, 6.07) is 8.17. The van der Waals surface area contributed by atoms with Crippen LogP contribution in [0.25, 0.3) is 21.9 Å². The number of amides is 1. The third kappa shape index (κ3) is 6.18. The van der Waals surface area contributed by atoms with Crippen molar-refractivity contribution >= 4 is 22.5 Å². The molecule has 2 aromatic heterocycles. The maximum Gasteiger partial charge on any atom is 0.228 e. The third-order valence-corrected chi connectivity index (χ3v) is 7.65. The summed E-state index contributed by atoms with van der Waals surface area (Å²) in [6.07, 6.45) is 7.54. The molecule has 7 nitrogen and oxygen atoms in total. The number of benzene rings is 1. The maximum absolute atomic E-state index is 14.8. The Bertz CT molecular complexity index is 1250. The molecule has 0 aliphatic carbocycles. The molecule has 2 fully saturated rings. The van der Waals surface area contributed by atoms with Crippen molar-refractivity contribution < 1.29 is 9.18 Å². The molecule has 2 aliphatic heterocycles. The van der Waals surface area contributed by atoms with Crippen molar-refractivity contribution in [2.75, 3.05) is 31.5 Å². The van der Waals surface area contributed by atoms with Crippen molar-refractivity contribution in [2.45, 2.75) is 64.6 Å². The predicted octanol–water partition coefficient (Wildman–Crippen LogP) is 4.85. The second-order valence-electron chi connectivity index (χ2n) is 11.3. The molecule has 0 unspecified atom stereocenters. The van der Waals surface area contributed by atoms with Crippen LogP contribution >= 0.6 is 0 Å². The summed E-state index contributed by atoms with van der Waals surface area (Å²) in [7, 11) is 2.00. The number of hydrogen-bond acceptors (Lipinski definition) is 5. The zero-order valence-corrected chi connectivity index (χ0v) is 22.3. The number of carbonyl (C=O) groups is 1. The molecule has 0 saturated carbocycles. The number of pyridine rings is 1. The minimum atomic E-state index is -1.42. The average Bonchev–Trinajstić information content (AvgIpc) is 3.23. The Morgan fingerprint density at radius 2 is 1.92 bits per heavy atom. The van der Waals surface area contributed by atoms with Gasteiger partial charge in [-0.1, -0.05) is 18.6 Å². The molecule has 2 saturated heterocycles. The van der Waals surface area contributed by atoms with E-state index in [1.54, 1.807) is 13.8 Å². The van der Waals surface area contributed by atoms with Crippen LogP contribution in [0.4, 0.5) is 10.2 Å². The van der Waals surface area contributed by atoms with Gasteiger partial charge in [0.25, 0.3) is 0 Å². The van der Waals surface area contributed by atoms with Crippen molar-refractivity contribution in [2.24, 2.45) is 13.0 Å². The van der Waals surface area contributed by atoms with Gasteiger partial charge in [-0.2, -0.15) is 5.10 Å². The fraction of sp³-hybridized carbons (Fsp3) is 0.552. The van der Waals surface area contributed by atoms with Crippen LogP contribution in [0.5, 0.6) is 0 Å². The molecule has 2 aliphatic rings. The van der Waals surface area contributed by atoms with E-state index in [0.717, 1.165) is 67.5 Å². The molecule has 4 heterocycles. The Hall–Kier alpha value is -2.84. The molecule has 0 bridgehead atoms. The van der Waals surface area contributed by atoms with Crippen molar-refractivity contribution in [1.29, 1.82) is 0 Å². The van der Waals surface area contributed by atoms with Crippen LogP contribution in [0.2, 0.25) is 0 Å². The van der Waals surface area contributed by atoms with Gasteiger partial charge in [-0.15, -0.1) is 0 Å². The maximum atomic E-state index is 14.8. The van der Waals surface area contributed by atoms with E-state index in [1.807, 2.05) is 30.1 Å². The molecular formula is C29H39FN6O. The van der Waals surface area contributed by atoms with E-state index in [2.05, 4.69) is 32.8 Å². The number of piperidine rings is 2. The molecule has 0 atom stereocenters. The van der Waals surface area contributed by atoms with Crippen LogP contribution in [0.1, 0.15) is 57.3 Å². The number of likely N-dealkylation sites (tertiary alicyclic amines) is 1. The van der Waals surface area contributed by atoms with Crippen LogP contribution < -0.4 is 10.6 Å². The highest BCUT2D eigenvalue weighted by Crippen LogP contribution is 2.32. The summed E-state index contributed by atoms with van der Waals surface area (Å²) in [5, 5.41) is 12.8. The number of fused-ring (bicyclic) bond motifs is 1. The smallest absolute Gasteiger partial charge is 0.228 e. The van der Waals surface area contributed by atoms with E-state index in [1.165, 1.54) is 25.0 Å². The Kier molecular flexibility index (Phi) is 7.58. The summed E-state index contributed by atoms with van der Waals surface area (Å²) in [6.45, 7) is 7.94. The van der Waals surface area contributed by atoms with Gasteiger partial charge in [-0.3, -0.25) is 14.4 Å².